The molecule has 2 aliphatic heterocycles. The molecular formula is C22H26N2O4S. The Bertz CT molecular complexity index is 1010. The average molecular weight is 415 g/mol. The number of rotatable bonds is 3. The van der Waals surface area contributed by atoms with Gasteiger partial charge in [0, 0.05) is 30.9 Å². The number of morpholine rings is 1. The molecule has 1 saturated heterocycles. The molecule has 2 aliphatic rings. The number of sulfonamides is 1. The monoisotopic (exact) mass is 414 g/mol. The van der Waals surface area contributed by atoms with Gasteiger partial charge in [0.15, 0.2) is 0 Å². The number of anilines is 1. The summed E-state index contributed by atoms with van der Waals surface area (Å²) in [5, 5.41) is 0. The molecular weight excluding hydrogens is 388 g/mol. The maximum atomic E-state index is 13.2. The summed E-state index contributed by atoms with van der Waals surface area (Å²) in [6.45, 7) is 4.98. The van der Waals surface area contributed by atoms with Crippen LogP contribution >= 0.6 is 0 Å². The van der Waals surface area contributed by atoms with Gasteiger partial charge in [0.05, 0.1) is 17.1 Å². The van der Waals surface area contributed by atoms with Crippen molar-refractivity contribution in [3.63, 3.8) is 0 Å². The van der Waals surface area contributed by atoms with E-state index in [-0.39, 0.29) is 23.0 Å². The molecule has 2 heterocycles. The summed E-state index contributed by atoms with van der Waals surface area (Å²) in [4.78, 5) is 15.1. The quantitative estimate of drug-likeness (QED) is 0.774. The molecule has 0 bridgehead atoms. The first-order valence-electron chi connectivity index (χ1n) is 10.0. The normalized spacial score (nSPS) is 22.9. The van der Waals surface area contributed by atoms with E-state index in [0.29, 0.717) is 25.2 Å². The van der Waals surface area contributed by atoms with E-state index in [1.807, 2.05) is 38.1 Å². The lowest BCUT2D eigenvalue weighted by Gasteiger charge is -2.34. The van der Waals surface area contributed by atoms with Crippen LogP contribution in [0.5, 0.6) is 0 Å². The maximum absolute atomic E-state index is 13.2. The predicted octanol–water partition coefficient (Wildman–Crippen LogP) is 3.08. The number of carbonyl (C=O) groups is 1. The average Bonchev–Trinajstić information content (AvgIpc) is 2.72. The number of hydrogen-bond acceptors (Lipinski definition) is 4. The van der Waals surface area contributed by atoms with E-state index < -0.39 is 10.0 Å². The molecule has 0 aliphatic carbocycles. The van der Waals surface area contributed by atoms with Crippen LogP contribution in [-0.2, 0) is 21.2 Å². The van der Waals surface area contributed by atoms with Crippen molar-refractivity contribution in [2.24, 2.45) is 0 Å². The fraction of sp³-hybridized carbons (Fsp3) is 0.409. The molecule has 1 amide bonds. The molecule has 4 rings (SSSR count). The Morgan fingerprint density at radius 1 is 1.03 bits per heavy atom. The van der Waals surface area contributed by atoms with Gasteiger partial charge in [-0.2, -0.15) is 4.31 Å². The summed E-state index contributed by atoms with van der Waals surface area (Å²) in [7, 11) is -3.69. The van der Waals surface area contributed by atoms with Gasteiger partial charge in [-0.05, 0) is 56.5 Å². The minimum atomic E-state index is -3.69. The van der Waals surface area contributed by atoms with Gasteiger partial charge in [0.2, 0.25) is 10.0 Å². The highest BCUT2D eigenvalue weighted by atomic mass is 32.2. The zero-order valence-electron chi connectivity index (χ0n) is 16.7. The summed E-state index contributed by atoms with van der Waals surface area (Å²) in [6, 6.07) is 14.3. The first-order valence-corrected chi connectivity index (χ1v) is 11.5. The van der Waals surface area contributed by atoms with Gasteiger partial charge in [0.25, 0.3) is 5.91 Å². The van der Waals surface area contributed by atoms with Crippen LogP contribution in [0.15, 0.2) is 53.4 Å². The topological polar surface area (TPSA) is 66.9 Å². The molecule has 7 heteroatoms. The highest BCUT2D eigenvalue weighted by Gasteiger charge is 2.33. The minimum Gasteiger partial charge on any atom is -0.373 e. The summed E-state index contributed by atoms with van der Waals surface area (Å²) >= 11 is 0. The van der Waals surface area contributed by atoms with E-state index in [4.69, 9.17) is 4.74 Å². The molecule has 2 atom stereocenters. The predicted molar refractivity (Wildman–Crippen MR) is 112 cm³/mol. The van der Waals surface area contributed by atoms with Crippen molar-refractivity contribution in [2.45, 2.75) is 43.8 Å². The highest BCUT2D eigenvalue weighted by Crippen LogP contribution is 2.29. The second kappa shape index (κ2) is 7.89. The molecule has 154 valence electrons. The molecule has 0 N–H and O–H groups in total. The van der Waals surface area contributed by atoms with Crippen LogP contribution in [0.2, 0.25) is 0 Å². The molecule has 0 aromatic heterocycles. The van der Waals surface area contributed by atoms with Crippen LogP contribution in [0.4, 0.5) is 5.69 Å². The Kier molecular flexibility index (Phi) is 5.46. The number of carbonyl (C=O) groups excluding carboxylic acids is 1. The van der Waals surface area contributed by atoms with E-state index in [2.05, 4.69) is 0 Å². The van der Waals surface area contributed by atoms with Gasteiger partial charge in [-0.25, -0.2) is 8.42 Å². The lowest BCUT2D eigenvalue weighted by atomic mass is 10.0. The largest absolute Gasteiger partial charge is 0.373 e. The van der Waals surface area contributed by atoms with E-state index >= 15 is 0 Å². The molecule has 29 heavy (non-hydrogen) atoms. The van der Waals surface area contributed by atoms with Gasteiger partial charge >= 0.3 is 0 Å². The molecule has 0 spiro atoms. The lowest BCUT2D eigenvalue weighted by Crippen LogP contribution is -2.48. The van der Waals surface area contributed by atoms with Crippen LogP contribution in [0, 0.1) is 0 Å². The van der Waals surface area contributed by atoms with Crippen LogP contribution in [0.1, 0.15) is 36.2 Å². The van der Waals surface area contributed by atoms with E-state index in [1.165, 1.54) is 10.4 Å². The number of ether oxygens (including phenoxy) is 1. The fourth-order valence-electron chi connectivity index (χ4n) is 4.17. The van der Waals surface area contributed by atoms with Gasteiger partial charge in [-0.3, -0.25) is 4.79 Å². The van der Waals surface area contributed by atoms with Gasteiger partial charge < -0.3 is 9.64 Å². The van der Waals surface area contributed by atoms with E-state index in [1.54, 1.807) is 23.1 Å². The van der Waals surface area contributed by atoms with Crippen molar-refractivity contribution < 1.29 is 17.9 Å². The number of aryl methyl sites for hydroxylation is 1. The van der Waals surface area contributed by atoms with Crippen molar-refractivity contribution in [1.82, 2.24) is 4.31 Å². The van der Waals surface area contributed by atoms with Crippen molar-refractivity contribution in [3.05, 3.63) is 59.7 Å². The lowest BCUT2D eigenvalue weighted by molar-refractivity contribution is -0.0440. The number of benzene rings is 2. The zero-order chi connectivity index (χ0) is 20.6. The molecule has 0 unspecified atom stereocenters. The summed E-state index contributed by atoms with van der Waals surface area (Å²) in [6.07, 6.45) is 1.51. The molecule has 1 fully saturated rings. The number of nitrogens with zero attached hydrogens (tertiary/aromatic N) is 2. The molecule has 6 nitrogen and oxygen atoms in total. The molecule has 0 radical (unpaired) electrons. The Labute approximate surface area is 172 Å². The number of para-hydroxylation sites is 1. The molecule has 2 aromatic carbocycles. The SMILES string of the molecule is C[C@H]1CN(S(=O)(=O)c2cccc(C(=O)N3CCCc4ccccc43)c2)C[C@H](C)O1. The van der Waals surface area contributed by atoms with Crippen LogP contribution in [0.25, 0.3) is 0 Å². The van der Waals surface area contributed by atoms with Gasteiger partial charge in [-0.15, -0.1) is 0 Å². The first kappa shape index (κ1) is 20.1. The fourth-order valence-corrected chi connectivity index (χ4v) is 5.80. The van der Waals surface area contributed by atoms with Gasteiger partial charge in [-0.1, -0.05) is 24.3 Å². The summed E-state index contributed by atoms with van der Waals surface area (Å²) in [5.41, 5.74) is 2.44. The number of fused-ring (bicyclic) bond motifs is 1. The van der Waals surface area contributed by atoms with Crippen molar-refractivity contribution in [3.8, 4) is 0 Å². The van der Waals surface area contributed by atoms with Crippen molar-refractivity contribution in [1.29, 1.82) is 0 Å². The molecule has 2 aromatic rings. The minimum absolute atomic E-state index is 0.148. The van der Waals surface area contributed by atoms with Gasteiger partial charge in [0.1, 0.15) is 0 Å². The highest BCUT2D eigenvalue weighted by molar-refractivity contribution is 7.89. The van der Waals surface area contributed by atoms with Crippen molar-refractivity contribution in [2.75, 3.05) is 24.5 Å². The smallest absolute Gasteiger partial charge is 0.258 e. The second-order valence-corrected chi connectivity index (χ2v) is 9.73. The van der Waals surface area contributed by atoms with E-state index in [0.717, 1.165) is 24.1 Å². The first-order chi connectivity index (χ1) is 13.9. The second-order valence-electron chi connectivity index (χ2n) is 7.80. The van der Waals surface area contributed by atoms with E-state index in [9.17, 15) is 13.2 Å². The maximum Gasteiger partial charge on any atom is 0.258 e. The standard InChI is InChI=1S/C22H26N2O4S/c1-16-14-23(15-17(2)28-16)29(26,27)20-10-5-8-19(13-20)22(25)24-12-6-9-18-7-3-4-11-21(18)24/h3-5,7-8,10-11,13,16-17H,6,9,12,14-15H2,1-2H3/t16-,17-/m0/s1. The molecule has 0 saturated carbocycles. The zero-order valence-corrected chi connectivity index (χ0v) is 17.6. The number of amides is 1. The summed E-state index contributed by atoms with van der Waals surface area (Å²) < 4.78 is 33.5. The summed E-state index contributed by atoms with van der Waals surface area (Å²) in [5.74, 6) is -0.169. The van der Waals surface area contributed by atoms with Crippen LogP contribution < -0.4 is 4.90 Å². The third kappa shape index (κ3) is 3.95. The van der Waals surface area contributed by atoms with Crippen molar-refractivity contribution >= 4 is 21.6 Å². The Morgan fingerprint density at radius 2 is 1.76 bits per heavy atom. The Morgan fingerprint density at radius 3 is 2.52 bits per heavy atom. The number of hydrogen-bond donors (Lipinski definition) is 0. The third-order valence-corrected chi connectivity index (χ3v) is 7.29. The van der Waals surface area contributed by atoms with Crippen LogP contribution in [0.3, 0.4) is 0 Å². The Hall–Kier alpha value is -2.22. The third-order valence-electron chi connectivity index (χ3n) is 5.46. The Balaban J connectivity index is 1.63. The van der Waals surface area contributed by atoms with Crippen LogP contribution in [-0.4, -0.2) is 50.5 Å².